The Labute approximate surface area is 121 Å². The van der Waals surface area contributed by atoms with Gasteiger partial charge in [-0.15, -0.1) is 0 Å². The molecule has 0 fully saturated rings. The third kappa shape index (κ3) is 4.40. The molecule has 0 heterocycles. The number of aliphatic hydroxyl groups excluding tert-OH is 1. The molecule has 1 aromatic carbocycles. The Morgan fingerprint density at radius 1 is 1.30 bits per heavy atom. The largest absolute Gasteiger partial charge is 0.480 e. The van der Waals surface area contributed by atoms with Crippen molar-refractivity contribution >= 4 is 23.5 Å². The van der Waals surface area contributed by atoms with Gasteiger partial charge in [0, 0.05) is 0 Å². The Morgan fingerprint density at radius 2 is 1.90 bits per heavy atom. The molecule has 1 rings (SSSR count). The summed E-state index contributed by atoms with van der Waals surface area (Å²) in [6, 6.07) is 5.22. The van der Waals surface area contributed by atoms with Crippen LogP contribution in [0.1, 0.15) is 13.8 Å². The number of benzene rings is 1. The summed E-state index contributed by atoms with van der Waals surface area (Å²) in [5.74, 6) is -1.66. The third-order valence-corrected chi connectivity index (χ3v) is 2.87. The van der Waals surface area contributed by atoms with Crippen LogP contribution in [0.4, 0.5) is 0 Å². The minimum atomic E-state index is -1.39. The highest BCUT2D eigenvalue weighted by Gasteiger charge is 2.27. The highest BCUT2D eigenvalue weighted by molar-refractivity contribution is 6.32. The molecule has 0 aliphatic heterocycles. The third-order valence-electron chi connectivity index (χ3n) is 2.56. The number of para-hydroxylation sites is 1. The molecule has 0 bridgehead atoms. The Balaban J connectivity index is 2.68. The Kier molecular flexibility index (Phi) is 5.79. The lowest BCUT2D eigenvalue weighted by Crippen LogP contribution is -2.51. The van der Waals surface area contributed by atoms with E-state index in [1.54, 1.807) is 24.3 Å². The number of aliphatic hydroxyl groups is 1. The van der Waals surface area contributed by atoms with E-state index in [9.17, 15) is 14.7 Å². The fourth-order valence-electron chi connectivity index (χ4n) is 1.44. The molecule has 0 saturated carbocycles. The molecule has 0 spiro atoms. The van der Waals surface area contributed by atoms with Crippen LogP contribution in [0.25, 0.3) is 0 Å². The van der Waals surface area contributed by atoms with Crippen LogP contribution in [-0.4, -0.2) is 40.3 Å². The predicted octanol–water partition coefficient (Wildman–Crippen LogP) is 1.06. The van der Waals surface area contributed by atoms with Gasteiger partial charge in [0.2, 0.25) is 0 Å². The van der Waals surface area contributed by atoms with Gasteiger partial charge < -0.3 is 20.3 Å². The Morgan fingerprint density at radius 3 is 2.40 bits per heavy atom. The summed E-state index contributed by atoms with van der Waals surface area (Å²) >= 11 is 5.89. The van der Waals surface area contributed by atoms with Crippen LogP contribution in [0.5, 0.6) is 5.75 Å². The molecule has 1 amide bonds. The number of carboxylic acid groups (broad SMARTS) is 1. The fourth-order valence-corrected chi connectivity index (χ4v) is 1.62. The normalized spacial score (nSPS) is 15.0. The molecule has 1 aromatic rings. The minimum absolute atomic E-state index is 0.320. The van der Waals surface area contributed by atoms with E-state index < -0.39 is 30.1 Å². The summed E-state index contributed by atoms with van der Waals surface area (Å²) in [7, 11) is 0. The van der Waals surface area contributed by atoms with Gasteiger partial charge in [-0.3, -0.25) is 4.79 Å². The van der Waals surface area contributed by atoms with Crippen molar-refractivity contribution in [3.8, 4) is 5.75 Å². The molecule has 7 heteroatoms. The van der Waals surface area contributed by atoms with Crippen molar-refractivity contribution in [2.75, 3.05) is 0 Å². The zero-order valence-electron chi connectivity index (χ0n) is 11.0. The molecule has 0 aromatic heterocycles. The van der Waals surface area contributed by atoms with Gasteiger partial charge in [0.15, 0.2) is 12.1 Å². The number of hydrogen-bond donors (Lipinski definition) is 3. The van der Waals surface area contributed by atoms with Crippen molar-refractivity contribution in [2.24, 2.45) is 0 Å². The molecule has 0 saturated heterocycles. The summed E-state index contributed by atoms with van der Waals surface area (Å²) < 4.78 is 5.35. The second kappa shape index (κ2) is 7.12. The predicted molar refractivity (Wildman–Crippen MR) is 72.8 cm³/mol. The number of halogens is 1. The number of carbonyl (C=O) groups is 2. The monoisotopic (exact) mass is 301 g/mol. The summed E-state index contributed by atoms with van der Waals surface area (Å²) in [4.78, 5) is 22.7. The average molecular weight is 302 g/mol. The summed E-state index contributed by atoms with van der Waals surface area (Å²) in [5.41, 5.74) is 0. The van der Waals surface area contributed by atoms with Crippen molar-refractivity contribution in [3.63, 3.8) is 0 Å². The number of amides is 1. The van der Waals surface area contributed by atoms with E-state index in [0.29, 0.717) is 10.8 Å². The average Bonchev–Trinajstić information content (AvgIpc) is 2.37. The van der Waals surface area contributed by atoms with Gasteiger partial charge in [-0.25, -0.2) is 4.79 Å². The number of rotatable bonds is 6. The highest BCUT2D eigenvalue weighted by Crippen LogP contribution is 2.24. The van der Waals surface area contributed by atoms with Crippen LogP contribution in [-0.2, 0) is 9.59 Å². The number of nitrogens with one attached hydrogen (secondary N) is 1. The number of carbonyl (C=O) groups excluding carboxylic acids is 1. The fraction of sp³-hybridized carbons (Fsp3) is 0.385. The molecule has 110 valence electrons. The van der Waals surface area contributed by atoms with Gasteiger partial charge in [0.25, 0.3) is 5.91 Å². The number of aliphatic carboxylic acids is 1. The number of ether oxygens (including phenoxy) is 1. The van der Waals surface area contributed by atoms with Crippen LogP contribution in [0.15, 0.2) is 24.3 Å². The van der Waals surface area contributed by atoms with Crippen LogP contribution >= 0.6 is 11.6 Å². The van der Waals surface area contributed by atoms with E-state index >= 15 is 0 Å². The molecule has 3 N–H and O–H groups in total. The van der Waals surface area contributed by atoms with Gasteiger partial charge >= 0.3 is 5.97 Å². The summed E-state index contributed by atoms with van der Waals surface area (Å²) in [6.07, 6.45) is -2.17. The highest BCUT2D eigenvalue weighted by atomic mass is 35.5. The van der Waals surface area contributed by atoms with Gasteiger partial charge in [0.05, 0.1) is 11.1 Å². The molecule has 0 aliphatic rings. The first-order valence-electron chi connectivity index (χ1n) is 5.95. The maximum Gasteiger partial charge on any atom is 0.328 e. The van der Waals surface area contributed by atoms with E-state index in [1.807, 2.05) is 0 Å². The SMILES string of the molecule is CC(Oc1ccccc1Cl)C(=O)N[C@H](C(=O)O)[C@@H](C)O. The zero-order valence-corrected chi connectivity index (χ0v) is 11.8. The van der Waals surface area contributed by atoms with Gasteiger partial charge in [-0.1, -0.05) is 23.7 Å². The van der Waals surface area contributed by atoms with E-state index in [4.69, 9.17) is 21.4 Å². The second-order valence-electron chi connectivity index (χ2n) is 4.26. The van der Waals surface area contributed by atoms with E-state index in [2.05, 4.69) is 5.32 Å². The van der Waals surface area contributed by atoms with Crippen molar-refractivity contribution in [2.45, 2.75) is 32.1 Å². The lowest BCUT2D eigenvalue weighted by Gasteiger charge is -2.20. The minimum Gasteiger partial charge on any atom is -0.480 e. The molecular formula is C13H16ClNO5. The van der Waals surface area contributed by atoms with Gasteiger partial charge in [-0.2, -0.15) is 0 Å². The quantitative estimate of drug-likeness (QED) is 0.730. The number of hydrogen-bond acceptors (Lipinski definition) is 4. The zero-order chi connectivity index (χ0) is 15.3. The summed E-state index contributed by atoms with van der Waals surface area (Å²) in [5, 5.41) is 20.7. The summed E-state index contributed by atoms with van der Waals surface area (Å²) in [6.45, 7) is 2.73. The number of carboxylic acids is 1. The van der Waals surface area contributed by atoms with Crippen LogP contribution in [0, 0.1) is 0 Å². The first-order valence-corrected chi connectivity index (χ1v) is 6.33. The molecule has 3 atom stereocenters. The Bertz CT molecular complexity index is 491. The molecule has 1 unspecified atom stereocenters. The lowest BCUT2D eigenvalue weighted by atomic mass is 10.2. The maximum absolute atomic E-state index is 11.8. The Hall–Kier alpha value is -1.79. The lowest BCUT2D eigenvalue weighted by molar-refractivity contribution is -0.145. The molecule has 20 heavy (non-hydrogen) atoms. The van der Waals surface area contributed by atoms with Crippen molar-refractivity contribution in [3.05, 3.63) is 29.3 Å². The maximum atomic E-state index is 11.8. The van der Waals surface area contributed by atoms with E-state index in [1.165, 1.54) is 13.8 Å². The topological polar surface area (TPSA) is 95.9 Å². The van der Waals surface area contributed by atoms with Crippen LogP contribution in [0.3, 0.4) is 0 Å². The first kappa shape index (κ1) is 16.3. The van der Waals surface area contributed by atoms with E-state index in [0.717, 1.165) is 0 Å². The van der Waals surface area contributed by atoms with Crippen molar-refractivity contribution in [1.29, 1.82) is 0 Å². The van der Waals surface area contributed by atoms with Crippen LogP contribution in [0.2, 0.25) is 5.02 Å². The first-order chi connectivity index (χ1) is 9.32. The van der Waals surface area contributed by atoms with E-state index in [-0.39, 0.29) is 0 Å². The molecule has 6 nitrogen and oxygen atoms in total. The van der Waals surface area contributed by atoms with Crippen molar-refractivity contribution < 1.29 is 24.5 Å². The molecular weight excluding hydrogens is 286 g/mol. The molecule has 0 radical (unpaired) electrons. The van der Waals surface area contributed by atoms with Gasteiger partial charge in [-0.05, 0) is 26.0 Å². The molecule has 0 aliphatic carbocycles. The van der Waals surface area contributed by atoms with Gasteiger partial charge in [0.1, 0.15) is 5.75 Å². The van der Waals surface area contributed by atoms with Crippen LogP contribution < -0.4 is 10.1 Å². The smallest absolute Gasteiger partial charge is 0.328 e. The standard InChI is InChI=1S/C13H16ClNO5/c1-7(16)11(13(18)19)15-12(17)8(2)20-10-6-4-3-5-9(10)14/h3-8,11,16H,1-2H3,(H,15,17)(H,18,19)/t7-,8?,11+/m1/s1. The van der Waals surface area contributed by atoms with Crippen molar-refractivity contribution in [1.82, 2.24) is 5.32 Å². The second-order valence-corrected chi connectivity index (χ2v) is 4.66.